The predicted octanol–water partition coefficient (Wildman–Crippen LogP) is 0.628. The first-order chi connectivity index (χ1) is 6.52. The number of carboxylic acids is 1. The topological polar surface area (TPSA) is 57.6 Å². The average molecular weight is 217 g/mol. The lowest BCUT2D eigenvalue weighted by molar-refractivity contribution is -0.142. The molecule has 1 aliphatic heterocycles. The predicted molar refractivity (Wildman–Crippen MR) is 55.4 cm³/mol. The highest BCUT2D eigenvalue weighted by atomic mass is 32.1. The van der Waals surface area contributed by atoms with E-state index in [9.17, 15) is 9.59 Å². The summed E-state index contributed by atoms with van der Waals surface area (Å²) in [6.07, 6.45) is 1.58. The van der Waals surface area contributed by atoms with Crippen molar-refractivity contribution in [1.82, 2.24) is 4.90 Å². The molecule has 0 aromatic carbocycles. The Kier molecular flexibility index (Phi) is 3.95. The van der Waals surface area contributed by atoms with Crippen LogP contribution in [0.25, 0.3) is 0 Å². The molecule has 4 nitrogen and oxygen atoms in total. The van der Waals surface area contributed by atoms with E-state index in [0.717, 1.165) is 13.0 Å². The maximum absolute atomic E-state index is 10.9. The molecule has 1 aliphatic rings. The zero-order chi connectivity index (χ0) is 10.7. The van der Waals surface area contributed by atoms with Gasteiger partial charge in [0.15, 0.2) is 5.12 Å². The molecule has 0 spiro atoms. The van der Waals surface area contributed by atoms with Crippen LogP contribution in [-0.2, 0) is 9.59 Å². The van der Waals surface area contributed by atoms with Gasteiger partial charge < -0.3 is 5.11 Å². The molecule has 0 aliphatic carbocycles. The number of hydrogen-bond acceptors (Lipinski definition) is 3. The van der Waals surface area contributed by atoms with Gasteiger partial charge in [-0.15, -0.1) is 12.6 Å². The lowest BCUT2D eigenvalue weighted by atomic mass is 10.1. The molecule has 1 fully saturated rings. The van der Waals surface area contributed by atoms with Crippen LogP contribution < -0.4 is 0 Å². The normalized spacial score (nSPS) is 24.9. The molecule has 1 N–H and O–H groups in total. The molecule has 0 aromatic rings. The number of carbonyl (C=O) groups is 2. The number of thiol groups is 1. The summed E-state index contributed by atoms with van der Waals surface area (Å²) in [5, 5.41) is 8.71. The van der Waals surface area contributed by atoms with E-state index < -0.39 is 12.0 Å². The van der Waals surface area contributed by atoms with Gasteiger partial charge in [0.1, 0.15) is 6.04 Å². The van der Waals surface area contributed by atoms with Gasteiger partial charge in [-0.05, 0) is 19.4 Å². The lowest BCUT2D eigenvalue weighted by Gasteiger charge is -2.23. The molecule has 0 amide bonds. The molecule has 0 aromatic heterocycles. The van der Waals surface area contributed by atoms with Crippen molar-refractivity contribution in [1.29, 1.82) is 0 Å². The van der Waals surface area contributed by atoms with Gasteiger partial charge in [0, 0.05) is 12.5 Å². The van der Waals surface area contributed by atoms with Gasteiger partial charge in [-0.1, -0.05) is 6.92 Å². The number of hydrogen-bond donors (Lipinski definition) is 2. The highest BCUT2D eigenvalue weighted by Gasteiger charge is 2.31. The van der Waals surface area contributed by atoms with Gasteiger partial charge in [0.05, 0.1) is 0 Å². The van der Waals surface area contributed by atoms with E-state index in [1.807, 2.05) is 4.90 Å². The average Bonchev–Trinajstić information content (AvgIpc) is 2.52. The maximum Gasteiger partial charge on any atom is 0.320 e. The van der Waals surface area contributed by atoms with Crippen LogP contribution in [0.3, 0.4) is 0 Å². The zero-order valence-corrected chi connectivity index (χ0v) is 9.04. The molecule has 1 unspecified atom stereocenters. The van der Waals surface area contributed by atoms with E-state index in [1.165, 1.54) is 0 Å². The van der Waals surface area contributed by atoms with Crippen LogP contribution in [-0.4, -0.2) is 40.2 Å². The van der Waals surface area contributed by atoms with Crippen molar-refractivity contribution in [2.45, 2.75) is 25.8 Å². The van der Waals surface area contributed by atoms with Gasteiger partial charge in [-0.2, -0.15) is 0 Å². The second-order valence-electron chi connectivity index (χ2n) is 3.73. The van der Waals surface area contributed by atoms with Gasteiger partial charge >= 0.3 is 5.97 Å². The van der Waals surface area contributed by atoms with E-state index >= 15 is 0 Å². The van der Waals surface area contributed by atoms with Crippen LogP contribution in [0.2, 0.25) is 0 Å². The molecule has 2 atom stereocenters. The fourth-order valence-corrected chi connectivity index (χ4v) is 1.84. The van der Waals surface area contributed by atoms with Crippen molar-refractivity contribution in [2.75, 3.05) is 13.1 Å². The van der Waals surface area contributed by atoms with Gasteiger partial charge in [-0.3, -0.25) is 14.5 Å². The zero-order valence-electron chi connectivity index (χ0n) is 8.14. The highest BCUT2D eigenvalue weighted by Crippen LogP contribution is 2.19. The lowest BCUT2D eigenvalue weighted by Crippen LogP contribution is -2.39. The van der Waals surface area contributed by atoms with Crippen LogP contribution in [0.1, 0.15) is 19.8 Å². The van der Waals surface area contributed by atoms with Gasteiger partial charge in [0.25, 0.3) is 0 Å². The van der Waals surface area contributed by atoms with Crippen LogP contribution in [0.5, 0.6) is 0 Å². The third-order valence-electron chi connectivity index (χ3n) is 2.58. The first-order valence-electron chi connectivity index (χ1n) is 4.72. The highest BCUT2D eigenvalue weighted by molar-refractivity contribution is 7.96. The van der Waals surface area contributed by atoms with Crippen molar-refractivity contribution in [2.24, 2.45) is 5.92 Å². The number of aliphatic carboxylic acids is 1. The molecule has 80 valence electrons. The Morgan fingerprint density at radius 3 is 2.79 bits per heavy atom. The fraction of sp³-hybridized carbons (Fsp3) is 0.778. The summed E-state index contributed by atoms with van der Waals surface area (Å²) in [5.41, 5.74) is 0. The summed E-state index contributed by atoms with van der Waals surface area (Å²) in [5.74, 6) is -0.986. The largest absolute Gasteiger partial charge is 0.480 e. The molecule has 1 heterocycles. The minimum absolute atomic E-state index is 0.180. The third-order valence-corrected chi connectivity index (χ3v) is 3.02. The van der Waals surface area contributed by atoms with E-state index in [-0.39, 0.29) is 11.0 Å². The molecule has 5 heteroatoms. The summed E-state index contributed by atoms with van der Waals surface area (Å²) in [6.45, 7) is 3.04. The van der Waals surface area contributed by atoms with E-state index in [2.05, 4.69) is 12.6 Å². The van der Waals surface area contributed by atoms with Crippen LogP contribution in [0.4, 0.5) is 0 Å². The van der Waals surface area contributed by atoms with Crippen molar-refractivity contribution in [3.8, 4) is 0 Å². The van der Waals surface area contributed by atoms with Crippen LogP contribution in [0.15, 0.2) is 0 Å². The number of carbonyl (C=O) groups excluding carboxylic acids is 1. The monoisotopic (exact) mass is 217 g/mol. The molecule has 0 saturated carbocycles. The first-order valence-corrected chi connectivity index (χ1v) is 5.16. The fourth-order valence-electron chi connectivity index (χ4n) is 1.75. The van der Waals surface area contributed by atoms with Crippen molar-refractivity contribution in [3.05, 3.63) is 0 Å². The minimum atomic E-state index is -0.790. The van der Waals surface area contributed by atoms with Gasteiger partial charge in [-0.25, -0.2) is 0 Å². The van der Waals surface area contributed by atoms with E-state index in [0.29, 0.717) is 13.0 Å². The standard InChI is InChI=1S/C9H15NO3S/c1-6(9(13)14)5-10-4-2-3-7(10)8(11)12/h6-7H,2-5H2,1H3,(H,11,12)(H,13,14)/t6?,7-/m0/s1. The molecule has 1 saturated heterocycles. The summed E-state index contributed by atoms with van der Waals surface area (Å²) in [4.78, 5) is 23.6. The molecular weight excluding hydrogens is 202 g/mol. The Morgan fingerprint density at radius 1 is 1.64 bits per heavy atom. The number of nitrogens with zero attached hydrogens (tertiary/aromatic N) is 1. The molecule has 0 radical (unpaired) electrons. The van der Waals surface area contributed by atoms with E-state index in [1.54, 1.807) is 6.92 Å². The van der Waals surface area contributed by atoms with Crippen molar-refractivity contribution in [3.63, 3.8) is 0 Å². The smallest absolute Gasteiger partial charge is 0.320 e. The summed E-state index contributed by atoms with van der Waals surface area (Å²) < 4.78 is 0. The Labute approximate surface area is 88.7 Å². The quantitative estimate of drug-likeness (QED) is 0.678. The Morgan fingerprint density at radius 2 is 2.29 bits per heavy atom. The van der Waals surface area contributed by atoms with Gasteiger partial charge in [0.2, 0.25) is 0 Å². The molecule has 14 heavy (non-hydrogen) atoms. The molecular formula is C9H15NO3S. The second-order valence-corrected chi connectivity index (χ2v) is 4.17. The number of likely N-dealkylation sites (tertiary alicyclic amines) is 1. The maximum atomic E-state index is 10.9. The Balaban J connectivity index is 2.51. The summed E-state index contributed by atoms with van der Waals surface area (Å²) in [7, 11) is 0. The number of rotatable bonds is 4. The molecule has 1 rings (SSSR count). The second kappa shape index (κ2) is 4.79. The summed E-state index contributed by atoms with van der Waals surface area (Å²) >= 11 is 3.73. The van der Waals surface area contributed by atoms with E-state index in [4.69, 9.17) is 5.11 Å². The molecule has 0 bridgehead atoms. The number of carboxylic acid groups (broad SMARTS) is 1. The Hall–Kier alpha value is -0.550. The van der Waals surface area contributed by atoms with Crippen molar-refractivity contribution < 1.29 is 14.7 Å². The SMILES string of the molecule is CC(CN1CCC[C@H]1C(=O)O)C(=O)S. The Bertz CT molecular complexity index is 244. The summed E-state index contributed by atoms with van der Waals surface area (Å²) in [6, 6.07) is -0.412. The van der Waals surface area contributed by atoms with Crippen LogP contribution in [0, 0.1) is 5.92 Å². The van der Waals surface area contributed by atoms with Crippen molar-refractivity contribution >= 4 is 23.7 Å². The minimum Gasteiger partial charge on any atom is -0.480 e. The first kappa shape index (κ1) is 11.5. The third kappa shape index (κ3) is 2.72. The van der Waals surface area contributed by atoms with Crippen LogP contribution >= 0.6 is 12.6 Å².